The van der Waals surface area contributed by atoms with Crippen LogP contribution in [0.2, 0.25) is 0 Å². The first-order valence-corrected chi connectivity index (χ1v) is 10.6. The Hall–Kier alpha value is -2.71. The number of aliphatic imine (C=N–C) groups is 1. The van der Waals surface area contributed by atoms with Crippen molar-refractivity contribution in [2.75, 3.05) is 20.1 Å². The lowest BCUT2D eigenvalue weighted by atomic mass is 9.89. The van der Waals surface area contributed by atoms with Gasteiger partial charge in [0.2, 0.25) is 0 Å². The van der Waals surface area contributed by atoms with Gasteiger partial charge in [-0.1, -0.05) is 11.6 Å². The van der Waals surface area contributed by atoms with E-state index in [-0.39, 0.29) is 30.9 Å². The molecule has 1 aromatic carbocycles. The number of rotatable bonds is 4. The van der Waals surface area contributed by atoms with Crippen LogP contribution in [0.15, 0.2) is 45.3 Å². The molecule has 2 aliphatic heterocycles. The summed E-state index contributed by atoms with van der Waals surface area (Å²) in [5.41, 5.74) is 2.65. The second-order valence-corrected chi connectivity index (χ2v) is 8.44. The van der Waals surface area contributed by atoms with Gasteiger partial charge < -0.3 is 25.7 Å². The van der Waals surface area contributed by atoms with Crippen LogP contribution in [0.1, 0.15) is 37.0 Å². The SMILES string of the molecule is CN[C@H]1C[C@@H](Oc2cc(F)ccc2C(=O)N2CC(=N)/C(=C3/N=C(C)C(Cl)=C(C)N3)C2)C1. The van der Waals surface area contributed by atoms with Crippen LogP contribution in [0.3, 0.4) is 0 Å². The van der Waals surface area contributed by atoms with E-state index in [1.54, 1.807) is 11.8 Å². The molecule has 0 atom stereocenters. The summed E-state index contributed by atoms with van der Waals surface area (Å²) in [4.78, 5) is 19.2. The molecular weight excluding hydrogens is 421 g/mol. The topological polar surface area (TPSA) is 89.8 Å². The number of halogens is 2. The molecular formula is C22H25ClFN5O2. The summed E-state index contributed by atoms with van der Waals surface area (Å²) in [6, 6.07) is 4.34. The highest BCUT2D eigenvalue weighted by molar-refractivity contribution is 6.43. The minimum absolute atomic E-state index is 0.0522. The first-order chi connectivity index (χ1) is 14.8. The molecule has 9 heteroatoms. The highest BCUT2D eigenvalue weighted by Gasteiger charge is 2.34. The molecule has 3 aliphatic rings. The van der Waals surface area contributed by atoms with Crippen LogP contribution in [0.5, 0.6) is 5.75 Å². The number of carbonyl (C=O) groups excluding carboxylic acids is 1. The second kappa shape index (κ2) is 8.43. The third kappa shape index (κ3) is 4.22. The first-order valence-electron chi connectivity index (χ1n) is 10.2. The Morgan fingerprint density at radius 3 is 2.77 bits per heavy atom. The summed E-state index contributed by atoms with van der Waals surface area (Å²) in [5, 5.41) is 15.2. The van der Waals surface area contributed by atoms with Crippen molar-refractivity contribution < 1.29 is 13.9 Å². The van der Waals surface area contributed by atoms with Gasteiger partial charge in [0, 0.05) is 23.4 Å². The van der Waals surface area contributed by atoms with E-state index in [1.165, 1.54) is 18.2 Å². The van der Waals surface area contributed by atoms with E-state index in [9.17, 15) is 9.18 Å². The molecule has 0 bridgehead atoms. The minimum atomic E-state index is -0.455. The molecule has 4 rings (SSSR count). The molecule has 0 aromatic heterocycles. The lowest BCUT2D eigenvalue weighted by Gasteiger charge is -2.35. The van der Waals surface area contributed by atoms with Crippen LogP contribution < -0.4 is 15.4 Å². The number of nitrogens with zero attached hydrogens (tertiary/aromatic N) is 2. The van der Waals surface area contributed by atoms with Gasteiger partial charge in [-0.2, -0.15) is 0 Å². The second-order valence-electron chi connectivity index (χ2n) is 8.07. The number of allylic oxidation sites excluding steroid dienone is 2. The van der Waals surface area contributed by atoms with Gasteiger partial charge in [-0.3, -0.25) is 4.79 Å². The first kappa shape index (κ1) is 21.5. The summed E-state index contributed by atoms with van der Waals surface area (Å²) < 4.78 is 19.8. The summed E-state index contributed by atoms with van der Waals surface area (Å²) in [7, 11) is 1.89. The van der Waals surface area contributed by atoms with Crippen molar-refractivity contribution in [3.05, 3.63) is 51.7 Å². The van der Waals surface area contributed by atoms with Gasteiger partial charge in [-0.15, -0.1) is 0 Å². The monoisotopic (exact) mass is 445 g/mol. The van der Waals surface area contributed by atoms with Crippen molar-refractivity contribution in [1.82, 2.24) is 15.5 Å². The summed E-state index contributed by atoms with van der Waals surface area (Å²) in [6.07, 6.45) is 1.57. The highest BCUT2D eigenvalue weighted by Crippen LogP contribution is 2.31. The van der Waals surface area contributed by atoms with E-state index in [1.807, 2.05) is 14.0 Å². The Kier molecular flexibility index (Phi) is 5.85. The molecule has 7 nitrogen and oxygen atoms in total. The van der Waals surface area contributed by atoms with E-state index < -0.39 is 5.82 Å². The molecule has 1 amide bonds. The molecule has 1 saturated carbocycles. The number of ether oxygens (including phenoxy) is 1. The summed E-state index contributed by atoms with van der Waals surface area (Å²) in [6.45, 7) is 4.01. The van der Waals surface area contributed by atoms with Crippen LogP contribution in [0, 0.1) is 11.2 Å². The van der Waals surface area contributed by atoms with Gasteiger partial charge in [0.15, 0.2) is 0 Å². The zero-order valence-corrected chi connectivity index (χ0v) is 18.4. The molecule has 1 saturated heterocycles. The summed E-state index contributed by atoms with van der Waals surface area (Å²) >= 11 is 6.19. The number of benzene rings is 1. The van der Waals surface area contributed by atoms with Gasteiger partial charge >= 0.3 is 0 Å². The predicted octanol–water partition coefficient (Wildman–Crippen LogP) is 3.18. The smallest absolute Gasteiger partial charge is 0.258 e. The van der Waals surface area contributed by atoms with E-state index >= 15 is 0 Å². The Labute approximate surface area is 185 Å². The minimum Gasteiger partial charge on any atom is -0.489 e. The average molecular weight is 446 g/mol. The largest absolute Gasteiger partial charge is 0.489 e. The van der Waals surface area contributed by atoms with E-state index in [0.29, 0.717) is 39.5 Å². The molecule has 2 fully saturated rings. The number of carbonyl (C=O) groups is 1. The Morgan fingerprint density at radius 2 is 2.10 bits per heavy atom. The van der Waals surface area contributed by atoms with E-state index in [4.69, 9.17) is 21.7 Å². The molecule has 2 heterocycles. The molecule has 3 N–H and O–H groups in total. The van der Waals surface area contributed by atoms with Crippen molar-refractivity contribution in [2.45, 2.75) is 38.8 Å². The van der Waals surface area contributed by atoms with Crippen molar-refractivity contribution in [3.63, 3.8) is 0 Å². The van der Waals surface area contributed by atoms with Crippen LogP contribution >= 0.6 is 11.6 Å². The van der Waals surface area contributed by atoms with Crippen LogP contribution in [-0.4, -0.2) is 54.5 Å². The quantitative estimate of drug-likeness (QED) is 0.664. The maximum atomic E-state index is 13.9. The van der Waals surface area contributed by atoms with Crippen LogP contribution in [0.4, 0.5) is 4.39 Å². The summed E-state index contributed by atoms with van der Waals surface area (Å²) in [5.74, 6) is 0.0141. The normalized spacial score (nSPS) is 25.9. The van der Waals surface area contributed by atoms with Gasteiger partial charge in [0.05, 0.1) is 35.1 Å². The number of amides is 1. The molecule has 0 radical (unpaired) electrons. The lowest BCUT2D eigenvalue weighted by Crippen LogP contribution is -2.45. The van der Waals surface area contributed by atoms with Gasteiger partial charge in [-0.05, 0) is 45.9 Å². The number of likely N-dealkylation sites (tertiary alicyclic amines) is 1. The fourth-order valence-electron chi connectivity index (χ4n) is 3.90. The van der Waals surface area contributed by atoms with Gasteiger partial charge in [0.25, 0.3) is 5.91 Å². The maximum Gasteiger partial charge on any atom is 0.258 e. The Bertz CT molecular complexity index is 1040. The zero-order valence-electron chi connectivity index (χ0n) is 17.7. The Morgan fingerprint density at radius 1 is 1.35 bits per heavy atom. The van der Waals surface area contributed by atoms with Gasteiger partial charge in [0.1, 0.15) is 23.5 Å². The number of hydrogen-bond acceptors (Lipinski definition) is 6. The standard InChI is InChI=1S/C22H25ClFN5O2/c1-11-20(23)12(2)28-21(27-11)17-9-29(10-18(17)25)22(30)16-5-4-13(24)6-19(16)31-15-7-14(8-15)26-3/h4-6,14-15,25-27H,7-10H2,1-3H3/b21-17+,25-18?/t14-,15+. The number of hydrogen-bond donors (Lipinski definition) is 3. The van der Waals surface area contributed by atoms with Crippen molar-refractivity contribution in [2.24, 2.45) is 4.99 Å². The van der Waals surface area contributed by atoms with E-state index in [2.05, 4.69) is 15.6 Å². The zero-order chi connectivity index (χ0) is 22.3. The van der Waals surface area contributed by atoms with Crippen molar-refractivity contribution in [1.29, 1.82) is 5.41 Å². The Balaban J connectivity index is 1.55. The van der Waals surface area contributed by atoms with E-state index in [0.717, 1.165) is 18.5 Å². The molecule has 0 spiro atoms. The third-order valence-corrected chi connectivity index (χ3v) is 6.40. The predicted molar refractivity (Wildman–Crippen MR) is 118 cm³/mol. The van der Waals surface area contributed by atoms with Crippen molar-refractivity contribution in [3.8, 4) is 5.75 Å². The average Bonchev–Trinajstić information content (AvgIpc) is 3.09. The number of nitrogens with one attached hydrogen (secondary N) is 3. The third-order valence-electron chi connectivity index (χ3n) is 5.84. The van der Waals surface area contributed by atoms with Crippen LogP contribution in [-0.2, 0) is 0 Å². The maximum absolute atomic E-state index is 13.9. The van der Waals surface area contributed by atoms with Crippen LogP contribution in [0.25, 0.3) is 0 Å². The molecule has 1 aromatic rings. The lowest BCUT2D eigenvalue weighted by molar-refractivity contribution is 0.0750. The molecule has 164 valence electrons. The fraction of sp³-hybridized carbons (Fsp3) is 0.409. The van der Waals surface area contributed by atoms with Crippen molar-refractivity contribution >= 4 is 28.9 Å². The molecule has 0 unspecified atom stereocenters. The van der Waals surface area contributed by atoms with Gasteiger partial charge in [-0.25, -0.2) is 9.38 Å². The molecule has 1 aliphatic carbocycles. The molecule has 31 heavy (non-hydrogen) atoms. The highest BCUT2D eigenvalue weighted by atomic mass is 35.5. The fourth-order valence-corrected chi connectivity index (χ4v) is 3.99.